The topological polar surface area (TPSA) is 31.4 Å². The molecule has 3 heterocycles. The van der Waals surface area contributed by atoms with Crippen molar-refractivity contribution in [1.82, 2.24) is 9.88 Å². The van der Waals surface area contributed by atoms with Crippen LogP contribution in [-0.2, 0) is 0 Å². The Kier molecular flexibility index (Phi) is 3.12. The number of nitrogens with zero attached hydrogens (tertiary/aromatic N) is 3. The lowest BCUT2D eigenvalue weighted by Crippen LogP contribution is -2.55. The number of fused-ring (bicyclic) bond motifs is 1. The fraction of sp³-hybridized carbons (Fsp3) is 0.643. The van der Waals surface area contributed by atoms with Gasteiger partial charge in [-0.15, -0.1) is 0 Å². The van der Waals surface area contributed by atoms with E-state index < -0.39 is 0 Å². The molecule has 2 fully saturated rings. The van der Waals surface area contributed by atoms with Gasteiger partial charge in [-0.1, -0.05) is 0 Å². The van der Waals surface area contributed by atoms with Crippen molar-refractivity contribution in [3.63, 3.8) is 0 Å². The molecule has 3 rings (SSSR count). The van der Waals surface area contributed by atoms with E-state index in [1.807, 2.05) is 13.2 Å². The largest absolute Gasteiger partial charge is 0.373 e. The smallest absolute Gasteiger partial charge is 0.127 e. The quantitative estimate of drug-likeness (QED) is 0.862. The van der Waals surface area contributed by atoms with E-state index in [0.717, 1.165) is 18.4 Å². The minimum atomic E-state index is 0.589. The Balaban J connectivity index is 1.81. The Morgan fingerprint density at radius 1 is 1.39 bits per heavy atom. The number of piperazine rings is 1. The van der Waals surface area contributed by atoms with E-state index in [9.17, 15) is 0 Å². The molecule has 1 N–H and O–H groups in total. The Bertz CT molecular complexity index is 420. The molecule has 4 heteroatoms. The molecular formula is C14H22N4. The zero-order valence-corrected chi connectivity index (χ0v) is 11.3. The highest BCUT2D eigenvalue weighted by atomic mass is 15.3. The number of rotatable bonds is 2. The maximum atomic E-state index is 4.30. The van der Waals surface area contributed by atoms with Gasteiger partial charge in [0.05, 0.1) is 0 Å². The third-order valence-electron chi connectivity index (χ3n) is 4.27. The first-order valence-corrected chi connectivity index (χ1v) is 6.92. The van der Waals surface area contributed by atoms with Gasteiger partial charge < -0.3 is 10.2 Å². The van der Waals surface area contributed by atoms with Crippen LogP contribution in [0.1, 0.15) is 19.8 Å². The van der Waals surface area contributed by atoms with Gasteiger partial charge in [0.25, 0.3) is 0 Å². The van der Waals surface area contributed by atoms with E-state index >= 15 is 0 Å². The third-order valence-corrected chi connectivity index (χ3v) is 4.27. The predicted molar refractivity (Wildman–Crippen MR) is 75.2 cm³/mol. The zero-order chi connectivity index (χ0) is 12.5. The van der Waals surface area contributed by atoms with Gasteiger partial charge in [0, 0.05) is 50.2 Å². The fourth-order valence-electron chi connectivity index (χ4n) is 3.28. The van der Waals surface area contributed by atoms with Crippen LogP contribution in [0.3, 0.4) is 0 Å². The van der Waals surface area contributed by atoms with E-state index in [-0.39, 0.29) is 0 Å². The molecule has 0 amide bonds. The second-order valence-corrected chi connectivity index (χ2v) is 5.44. The normalized spacial score (nSPS) is 28.2. The predicted octanol–water partition coefficient (Wildman–Crippen LogP) is 1.80. The third kappa shape index (κ3) is 2.05. The molecule has 18 heavy (non-hydrogen) atoms. The summed E-state index contributed by atoms with van der Waals surface area (Å²) in [7, 11) is 1.92. The minimum absolute atomic E-state index is 0.589. The van der Waals surface area contributed by atoms with Gasteiger partial charge in [-0.25, -0.2) is 4.98 Å². The summed E-state index contributed by atoms with van der Waals surface area (Å²) in [6.45, 7) is 5.98. The summed E-state index contributed by atoms with van der Waals surface area (Å²) in [5.41, 5.74) is 1.30. The minimum Gasteiger partial charge on any atom is -0.373 e. The highest BCUT2D eigenvalue weighted by Crippen LogP contribution is 2.29. The van der Waals surface area contributed by atoms with Gasteiger partial charge in [-0.05, 0) is 32.4 Å². The molecule has 0 aliphatic carbocycles. The van der Waals surface area contributed by atoms with Crippen molar-refractivity contribution in [3.8, 4) is 0 Å². The fourth-order valence-corrected chi connectivity index (χ4v) is 3.28. The second kappa shape index (κ2) is 4.76. The Morgan fingerprint density at radius 2 is 2.28 bits per heavy atom. The van der Waals surface area contributed by atoms with Gasteiger partial charge in [-0.3, -0.25) is 4.90 Å². The summed E-state index contributed by atoms with van der Waals surface area (Å²) in [4.78, 5) is 9.49. The highest BCUT2D eigenvalue weighted by molar-refractivity contribution is 5.54. The lowest BCUT2D eigenvalue weighted by Gasteiger charge is -2.43. The van der Waals surface area contributed by atoms with Gasteiger partial charge in [0.2, 0.25) is 0 Å². The molecule has 2 unspecified atom stereocenters. The van der Waals surface area contributed by atoms with Crippen LogP contribution in [0.5, 0.6) is 0 Å². The standard InChI is InChI=1S/C14H22N4/c1-11-9-17-7-3-4-13(17)10-18(11)12-5-6-16-14(8-12)15-2/h5-6,8,11,13H,3-4,7,9-10H2,1-2H3,(H,15,16). The Labute approximate surface area is 109 Å². The molecule has 4 nitrogen and oxygen atoms in total. The van der Waals surface area contributed by atoms with Crippen molar-refractivity contribution in [2.75, 3.05) is 36.9 Å². The first-order chi connectivity index (χ1) is 8.78. The SMILES string of the molecule is CNc1cc(N2CC3CCCN3CC2C)ccn1. The number of nitrogens with one attached hydrogen (secondary N) is 1. The molecule has 0 aromatic carbocycles. The lowest BCUT2D eigenvalue weighted by molar-refractivity contribution is 0.203. The number of hydrogen-bond acceptors (Lipinski definition) is 4. The average molecular weight is 246 g/mol. The van der Waals surface area contributed by atoms with Crippen molar-refractivity contribution in [1.29, 1.82) is 0 Å². The van der Waals surface area contributed by atoms with Gasteiger partial charge in [0.15, 0.2) is 0 Å². The highest BCUT2D eigenvalue weighted by Gasteiger charge is 2.34. The summed E-state index contributed by atoms with van der Waals surface area (Å²) in [5.74, 6) is 0.952. The summed E-state index contributed by atoms with van der Waals surface area (Å²) >= 11 is 0. The van der Waals surface area contributed by atoms with Crippen LogP contribution in [0.25, 0.3) is 0 Å². The van der Waals surface area contributed by atoms with Crippen LogP contribution < -0.4 is 10.2 Å². The first kappa shape index (κ1) is 11.8. The van der Waals surface area contributed by atoms with E-state index in [2.05, 4.69) is 39.2 Å². The molecule has 0 radical (unpaired) electrons. The molecular weight excluding hydrogens is 224 g/mol. The van der Waals surface area contributed by atoms with Gasteiger partial charge in [0.1, 0.15) is 5.82 Å². The van der Waals surface area contributed by atoms with Crippen molar-refractivity contribution >= 4 is 11.5 Å². The maximum Gasteiger partial charge on any atom is 0.127 e. The van der Waals surface area contributed by atoms with E-state index in [4.69, 9.17) is 0 Å². The van der Waals surface area contributed by atoms with E-state index in [1.165, 1.54) is 31.6 Å². The molecule has 2 aliphatic heterocycles. The molecule has 2 saturated heterocycles. The number of hydrogen-bond donors (Lipinski definition) is 1. The van der Waals surface area contributed by atoms with Crippen LogP contribution in [0.4, 0.5) is 11.5 Å². The molecule has 1 aromatic rings. The Morgan fingerprint density at radius 3 is 3.11 bits per heavy atom. The second-order valence-electron chi connectivity index (χ2n) is 5.44. The molecule has 2 aliphatic rings. The van der Waals surface area contributed by atoms with Crippen LogP contribution in [0.15, 0.2) is 18.3 Å². The summed E-state index contributed by atoms with van der Waals surface area (Å²) in [6, 6.07) is 5.63. The van der Waals surface area contributed by atoms with Crippen LogP contribution in [0.2, 0.25) is 0 Å². The zero-order valence-electron chi connectivity index (χ0n) is 11.3. The van der Waals surface area contributed by atoms with Crippen molar-refractivity contribution in [2.45, 2.75) is 31.8 Å². The summed E-state index contributed by atoms with van der Waals surface area (Å²) in [6.07, 6.45) is 4.62. The molecule has 0 spiro atoms. The van der Waals surface area contributed by atoms with Crippen LogP contribution in [0, 0.1) is 0 Å². The van der Waals surface area contributed by atoms with Crippen molar-refractivity contribution < 1.29 is 0 Å². The molecule has 2 atom stereocenters. The molecule has 98 valence electrons. The van der Waals surface area contributed by atoms with Crippen molar-refractivity contribution in [2.24, 2.45) is 0 Å². The van der Waals surface area contributed by atoms with Gasteiger partial charge in [-0.2, -0.15) is 0 Å². The maximum absolute atomic E-state index is 4.30. The van der Waals surface area contributed by atoms with Crippen LogP contribution >= 0.6 is 0 Å². The average Bonchev–Trinajstić information content (AvgIpc) is 2.85. The Hall–Kier alpha value is -1.29. The molecule has 1 aromatic heterocycles. The molecule has 0 saturated carbocycles. The van der Waals surface area contributed by atoms with Gasteiger partial charge >= 0.3 is 0 Å². The summed E-state index contributed by atoms with van der Waals surface area (Å²) < 4.78 is 0. The van der Waals surface area contributed by atoms with E-state index in [0.29, 0.717) is 6.04 Å². The number of pyridine rings is 1. The molecule has 0 bridgehead atoms. The monoisotopic (exact) mass is 246 g/mol. The summed E-state index contributed by atoms with van der Waals surface area (Å²) in [5, 5.41) is 3.12. The number of aromatic nitrogens is 1. The lowest BCUT2D eigenvalue weighted by atomic mass is 10.1. The van der Waals surface area contributed by atoms with Crippen molar-refractivity contribution in [3.05, 3.63) is 18.3 Å². The number of anilines is 2. The van der Waals surface area contributed by atoms with E-state index in [1.54, 1.807) is 0 Å². The first-order valence-electron chi connectivity index (χ1n) is 6.92. The van der Waals surface area contributed by atoms with Crippen LogP contribution in [-0.4, -0.2) is 48.6 Å².